The molecule has 5 nitrogen and oxygen atoms in total. The molecule has 5 heteroatoms. The minimum absolute atomic E-state index is 0.443. The van der Waals surface area contributed by atoms with Gasteiger partial charge in [-0.2, -0.15) is 0 Å². The van der Waals surface area contributed by atoms with Crippen molar-refractivity contribution in [1.29, 1.82) is 0 Å². The number of guanidine groups is 1. The van der Waals surface area contributed by atoms with Crippen LogP contribution in [0.25, 0.3) is 0 Å². The number of rotatable bonds is 7. The Balaban J connectivity index is 2.72. The van der Waals surface area contributed by atoms with Crippen LogP contribution in [0.3, 0.4) is 0 Å². The molecule has 1 aromatic heterocycles. The molecule has 0 spiro atoms. The first-order valence-corrected chi connectivity index (χ1v) is 6.84. The van der Waals surface area contributed by atoms with E-state index in [1.807, 2.05) is 19.1 Å². The molecule has 1 heterocycles. The topological polar surface area (TPSA) is 58.5 Å². The zero-order valence-electron chi connectivity index (χ0n) is 12.1. The first kappa shape index (κ1) is 15.8. The number of aliphatic imine (C=N–C) groups is 1. The number of nitrogens with one attached hydrogen (secondary N) is 2. The largest absolute Gasteiger partial charge is 0.477 e. The predicted molar refractivity (Wildman–Crippen MR) is 81.7 cm³/mol. The summed E-state index contributed by atoms with van der Waals surface area (Å²) >= 11 is 0. The van der Waals surface area contributed by atoms with Gasteiger partial charge >= 0.3 is 0 Å². The monoisotopic (exact) mass is 274 g/mol. The number of pyridine rings is 1. The third kappa shape index (κ3) is 5.61. The minimum atomic E-state index is 0.443. The summed E-state index contributed by atoms with van der Waals surface area (Å²) in [5.74, 6) is 3.86. The fraction of sp³-hybridized carbons (Fsp3) is 0.467. The number of ether oxygens (including phenoxy) is 1. The van der Waals surface area contributed by atoms with Gasteiger partial charge in [0.05, 0.1) is 19.7 Å². The summed E-state index contributed by atoms with van der Waals surface area (Å²) in [5, 5.41) is 6.18. The van der Waals surface area contributed by atoms with Crippen molar-refractivity contribution >= 4 is 5.96 Å². The Bertz CT molecular complexity index is 465. The lowest BCUT2D eigenvalue weighted by Gasteiger charge is -2.10. The third-order valence-electron chi connectivity index (χ3n) is 2.40. The first-order valence-electron chi connectivity index (χ1n) is 6.84. The maximum absolute atomic E-state index is 5.61. The number of hydrogen-bond acceptors (Lipinski definition) is 3. The van der Waals surface area contributed by atoms with Crippen molar-refractivity contribution in [3.05, 3.63) is 23.9 Å². The molecule has 0 radical (unpaired) electrons. The molecule has 0 saturated heterocycles. The fourth-order valence-electron chi connectivity index (χ4n) is 1.51. The molecule has 0 amide bonds. The van der Waals surface area contributed by atoms with E-state index in [0.29, 0.717) is 31.5 Å². The molecule has 2 N–H and O–H groups in total. The van der Waals surface area contributed by atoms with E-state index in [0.717, 1.165) is 18.5 Å². The van der Waals surface area contributed by atoms with Crippen molar-refractivity contribution < 1.29 is 4.74 Å². The van der Waals surface area contributed by atoms with Crippen LogP contribution in [0.1, 0.15) is 25.8 Å². The zero-order valence-corrected chi connectivity index (χ0v) is 12.1. The maximum atomic E-state index is 5.61. The molecule has 1 rings (SSSR count). The van der Waals surface area contributed by atoms with E-state index >= 15 is 0 Å². The Labute approximate surface area is 120 Å². The van der Waals surface area contributed by atoms with Crippen molar-refractivity contribution in [3.8, 4) is 18.2 Å². The van der Waals surface area contributed by atoms with Gasteiger partial charge in [-0.1, -0.05) is 18.9 Å². The Morgan fingerprint density at radius 3 is 3.00 bits per heavy atom. The average molecular weight is 274 g/mol. The highest BCUT2D eigenvalue weighted by molar-refractivity contribution is 5.80. The highest BCUT2D eigenvalue weighted by Gasteiger charge is 2.04. The van der Waals surface area contributed by atoms with Gasteiger partial charge in [-0.25, -0.2) is 9.98 Å². The van der Waals surface area contributed by atoms with Crippen LogP contribution in [-0.4, -0.2) is 30.6 Å². The Morgan fingerprint density at radius 2 is 2.30 bits per heavy atom. The lowest BCUT2D eigenvalue weighted by atomic mass is 10.3. The van der Waals surface area contributed by atoms with E-state index in [1.165, 1.54) is 0 Å². The molecule has 0 aliphatic heterocycles. The van der Waals surface area contributed by atoms with E-state index in [-0.39, 0.29) is 0 Å². The summed E-state index contributed by atoms with van der Waals surface area (Å²) in [5.41, 5.74) is 0.957. The van der Waals surface area contributed by atoms with Gasteiger partial charge in [0.2, 0.25) is 5.88 Å². The van der Waals surface area contributed by atoms with Crippen molar-refractivity contribution in [2.45, 2.75) is 26.8 Å². The highest BCUT2D eigenvalue weighted by atomic mass is 16.5. The van der Waals surface area contributed by atoms with Crippen molar-refractivity contribution in [3.63, 3.8) is 0 Å². The summed E-state index contributed by atoms with van der Waals surface area (Å²) in [4.78, 5) is 8.71. The van der Waals surface area contributed by atoms with Gasteiger partial charge in [0, 0.05) is 18.3 Å². The van der Waals surface area contributed by atoms with Crippen LogP contribution >= 0.6 is 0 Å². The van der Waals surface area contributed by atoms with Gasteiger partial charge in [0.15, 0.2) is 5.96 Å². The molecular weight excluding hydrogens is 252 g/mol. The SMILES string of the molecule is C#CCNC(=NCc1cccnc1OCCC)NCC. The van der Waals surface area contributed by atoms with E-state index in [2.05, 4.69) is 33.5 Å². The van der Waals surface area contributed by atoms with Gasteiger partial charge in [0.1, 0.15) is 0 Å². The summed E-state index contributed by atoms with van der Waals surface area (Å²) < 4.78 is 5.61. The van der Waals surface area contributed by atoms with Crippen LogP contribution in [0, 0.1) is 12.3 Å². The molecule has 0 aliphatic rings. The van der Waals surface area contributed by atoms with Crippen molar-refractivity contribution in [2.24, 2.45) is 4.99 Å². The molecule has 0 saturated carbocycles. The summed E-state index contributed by atoms with van der Waals surface area (Å²) in [6.07, 6.45) is 7.91. The van der Waals surface area contributed by atoms with Crippen LogP contribution in [0.2, 0.25) is 0 Å². The first-order chi connectivity index (χ1) is 9.81. The molecule has 20 heavy (non-hydrogen) atoms. The highest BCUT2D eigenvalue weighted by Crippen LogP contribution is 2.15. The second-order valence-corrected chi connectivity index (χ2v) is 4.07. The lowest BCUT2D eigenvalue weighted by molar-refractivity contribution is 0.302. The summed E-state index contributed by atoms with van der Waals surface area (Å²) in [6.45, 7) is 6.44. The van der Waals surface area contributed by atoms with Crippen LogP contribution in [0.4, 0.5) is 0 Å². The Hall–Kier alpha value is -2.22. The maximum Gasteiger partial charge on any atom is 0.218 e. The van der Waals surface area contributed by atoms with E-state index in [1.54, 1.807) is 6.20 Å². The third-order valence-corrected chi connectivity index (χ3v) is 2.40. The van der Waals surface area contributed by atoms with Crippen molar-refractivity contribution in [2.75, 3.05) is 19.7 Å². The number of aromatic nitrogens is 1. The second-order valence-electron chi connectivity index (χ2n) is 4.07. The van der Waals surface area contributed by atoms with Gasteiger partial charge < -0.3 is 15.4 Å². The smallest absolute Gasteiger partial charge is 0.218 e. The zero-order chi connectivity index (χ0) is 14.6. The molecular formula is C15H22N4O. The second kappa shape index (κ2) is 9.68. The molecule has 0 unspecified atom stereocenters. The predicted octanol–water partition coefficient (Wildman–Crippen LogP) is 1.56. The number of terminal acetylenes is 1. The number of nitrogens with zero attached hydrogens (tertiary/aromatic N) is 2. The van der Waals surface area contributed by atoms with E-state index < -0.39 is 0 Å². The van der Waals surface area contributed by atoms with Crippen LogP contribution < -0.4 is 15.4 Å². The molecule has 0 fully saturated rings. The fourth-order valence-corrected chi connectivity index (χ4v) is 1.51. The molecule has 0 bridgehead atoms. The normalized spacial score (nSPS) is 10.8. The standard InChI is InChI=1S/C15H22N4O/c1-4-9-18-15(16-6-3)19-12-13-8-7-10-17-14(13)20-11-5-2/h1,7-8,10H,5-6,9,11-12H2,2-3H3,(H2,16,18,19). The molecule has 0 atom stereocenters. The average Bonchev–Trinajstić information content (AvgIpc) is 2.48. The van der Waals surface area contributed by atoms with Gasteiger partial charge in [-0.05, 0) is 19.4 Å². The van der Waals surface area contributed by atoms with E-state index in [9.17, 15) is 0 Å². The molecule has 0 aromatic carbocycles. The lowest BCUT2D eigenvalue weighted by Crippen LogP contribution is -2.37. The number of hydrogen-bond donors (Lipinski definition) is 2. The van der Waals surface area contributed by atoms with Gasteiger partial charge in [-0.15, -0.1) is 6.42 Å². The molecule has 108 valence electrons. The Kier molecular flexibility index (Phi) is 7.66. The molecule has 1 aromatic rings. The van der Waals surface area contributed by atoms with Crippen LogP contribution in [-0.2, 0) is 6.54 Å². The van der Waals surface area contributed by atoms with Crippen LogP contribution in [0.5, 0.6) is 5.88 Å². The van der Waals surface area contributed by atoms with Crippen molar-refractivity contribution in [1.82, 2.24) is 15.6 Å². The van der Waals surface area contributed by atoms with Crippen LogP contribution in [0.15, 0.2) is 23.3 Å². The molecule has 0 aliphatic carbocycles. The summed E-state index contributed by atoms with van der Waals surface area (Å²) in [6, 6.07) is 3.84. The van der Waals surface area contributed by atoms with E-state index in [4.69, 9.17) is 11.2 Å². The Morgan fingerprint density at radius 1 is 1.45 bits per heavy atom. The van der Waals surface area contributed by atoms with Gasteiger partial charge in [0.25, 0.3) is 0 Å². The quantitative estimate of drug-likeness (QED) is 0.450. The van der Waals surface area contributed by atoms with Gasteiger partial charge in [-0.3, -0.25) is 0 Å². The summed E-state index contributed by atoms with van der Waals surface area (Å²) in [7, 11) is 0. The minimum Gasteiger partial charge on any atom is -0.477 e.